The fourth-order valence-electron chi connectivity index (χ4n) is 2.89. The van der Waals surface area contributed by atoms with Crippen molar-refractivity contribution in [3.05, 3.63) is 42.0 Å². The Morgan fingerprint density at radius 3 is 2.73 bits per heavy atom. The second-order valence-corrected chi connectivity index (χ2v) is 6.07. The van der Waals surface area contributed by atoms with Crippen LogP contribution in [0.15, 0.2) is 30.6 Å². The molecule has 0 amide bonds. The van der Waals surface area contributed by atoms with E-state index in [4.69, 9.17) is 5.26 Å². The van der Waals surface area contributed by atoms with E-state index < -0.39 is 11.9 Å². The van der Waals surface area contributed by atoms with Crippen molar-refractivity contribution in [3.8, 4) is 6.07 Å². The van der Waals surface area contributed by atoms with E-state index in [1.54, 1.807) is 16.9 Å². The third-order valence-electron chi connectivity index (χ3n) is 4.33. The first-order valence-electron chi connectivity index (χ1n) is 7.74. The first-order chi connectivity index (χ1) is 12.4. The number of nitriles is 1. The molecular formula is C15H13F3N8. The largest absolute Gasteiger partial charge is 0.433 e. The van der Waals surface area contributed by atoms with Crippen LogP contribution in [0, 0.1) is 11.3 Å². The zero-order valence-corrected chi connectivity index (χ0v) is 13.3. The molecule has 1 aliphatic rings. The maximum Gasteiger partial charge on any atom is 0.433 e. The van der Waals surface area contributed by atoms with Gasteiger partial charge in [-0.3, -0.25) is 4.68 Å². The van der Waals surface area contributed by atoms with Gasteiger partial charge in [-0.15, -0.1) is 0 Å². The summed E-state index contributed by atoms with van der Waals surface area (Å²) in [6, 6.07) is 5.71. The third kappa shape index (κ3) is 2.64. The van der Waals surface area contributed by atoms with Gasteiger partial charge in [0.05, 0.1) is 0 Å². The summed E-state index contributed by atoms with van der Waals surface area (Å²) in [6.07, 6.45) is -1.14. The van der Waals surface area contributed by atoms with Crippen molar-refractivity contribution in [2.24, 2.45) is 0 Å². The number of alkyl halides is 3. The summed E-state index contributed by atoms with van der Waals surface area (Å²) < 4.78 is 42.4. The number of hydrogen-bond donors (Lipinski definition) is 2. The van der Waals surface area contributed by atoms with E-state index >= 15 is 0 Å². The van der Waals surface area contributed by atoms with Crippen LogP contribution >= 0.6 is 0 Å². The molecule has 0 atom stereocenters. The van der Waals surface area contributed by atoms with Gasteiger partial charge >= 0.3 is 6.18 Å². The van der Waals surface area contributed by atoms with Gasteiger partial charge in [0.1, 0.15) is 17.4 Å². The summed E-state index contributed by atoms with van der Waals surface area (Å²) in [7, 11) is 0. The number of anilines is 1. The molecular weight excluding hydrogens is 349 g/mol. The van der Waals surface area contributed by atoms with Crippen LogP contribution in [0.2, 0.25) is 0 Å². The topological polar surface area (TPSA) is 95.9 Å². The number of nitrogens with one attached hydrogen (secondary N) is 2. The van der Waals surface area contributed by atoms with E-state index in [1.807, 2.05) is 12.3 Å². The van der Waals surface area contributed by atoms with E-state index in [0.717, 1.165) is 6.07 Å². The lowest BCUT2D eigenvalue weighted by molar-refractivity contribution is -0.141. The average Bonchev–Trinajstić information content (AvgIpc) is 3.22. The van der Waals surface area contributed by atoms with Gasteiger partial charge in [-0.05, 0) is 6.07 Å². The molecule has 0 unspecified atom stereocenters. The molecule has 26 heavy (non-hydrogen) atoms. The lowest BCUT2D eigenvalue weighted by Crippen LogP contribution is -2.64. The van der Waals surface area contributed by atoms with Crippen LogP contribution in [0.3, 0.4) is 0 Å². The molecule has 0 radical (unpaired) electrons. The minimum Gasteiger partial charge on any atom is -0.367 e. The molecule has 4 rings (SSSR count). The maximum atomic E-state index is 13.2. The normalized spacial score (nSPS) is 16.2. The van der Waals surface area contributed by atoms with Crippen LogP contribution in [0.1, 0.15) is 11.4 Å². The Bertz CT molecular complexity index is 979. The number of hydrogen-bond acceptors (Lipinski definition) is 6. The van der Waals surface area contributed by atoms with Crippen LogP contribution in [0.4, 0.5) is 19.0 Å². The number of halogens is 3. The van der Waals surface area contributed by atoms with Gasteiger partial charge < -0.3 is 10.6 Å². The second kappa shape index (κ2) is 5.70. The van der Waals surface area contributed by atoms with Crippen molar-refractivity contribution < 1.29 is 13.2 Å². The highest BCUT2D eigenvalue weighted by molar-refractivity contribution is 5.53. The van der Waals surface area contributed by atoms with Crippen molar-refractivity contribution in [3.63, 3.8) is 0 Å². The summed E-state index contributed by atoms with van der Waals surface area (Å²) in [6.45, 7) is 1.59. The van der Waals surface area contributed by atoms with Crippen molar-refractivity contribution in [2.75, 3.05) is 25.0 Å². The SMILES string of the molecule is N#Cc1cc2nc(C(F)(F)F)cc(NCC3(n4cccn4)CNC3)n2n1. The monoisotopic (exact) mass is 362 g/mol. The number of aromatic nitrogens is 5. The fraction of sp³-hybridized carbons (Fsp3) is 0.333. The smallest absolute Gasteiger partial charge is 0.367 e. The molecule has 134 valence electrons. The Morgan fingerprint density at radius 2 is 2.15 bits per heavy atom. The van der Waals surface area contributed by atoms with Crippen LogP contribution in [-0.2, 0) is 11.7 Å². The second-order valence-electron chi connectivity index (χ2n) is 6.07. The van der Waals surface area contributed by atoms with Gasteiger partial charge in [-0.2, -0.15) is 33.1 Å². The standard InChI is InChI=1S/C15H13F3N8/c16-15(17,18)11-5-12(26-13(23-11)4-10(6-19)24-26)21-9-14(7-20-8-14)25-3-1-2-22-25/h1-5,20-21H,7-9H2. The summed E-state index contributed by atoms with van der Waals surface area (Å²) >= 11 is 0. The summed E-state index contributed by atoms with van der Waals surface area (Å²) in [5.74, 6) is 0.113. The van der Waals surface area contributed by atoms with Crippen LogP contribution in [0.5, 0.6) is 0 Å². The molecule has 0 saturated carbocycles. The van der Waals surface area contributed by atoms with Gasteiger partial charge in [0, 0.05) is 44.2 Å². The Labute approximate surface area is 145 Å². The van der Waals surface area contributed by atoms with Gasteiger partial charge in [0.25, 0.3) is 0 Å². The molecule has 0 aliphatic carbocycles. The molecule has 0 aromatic carbocycles. The highest BCUT2D eigenvalue weighted by Crippen LogP contribution is 2.30. The molecule has 0 bridgehead atoms. The van der Waals surface area contributed by atoms with Crippen molar-refractivity contribution >= 4 is 11.5 Å². The minimum atomic E-state index is -4.60. The van der Waals surface area contributed by atoms with Gasteiger partial charge in [-0.1, -0.05) is 0 Å². The lowest BCUT2D eigenvalue weighted by atomic mass is 9.92. The first kappa shape index (κ1) is 16.3. The molecule has 0 spiro atoms. The first-order valence-corrected chi connectivity index (χ1v) is 7.74. The van der Waals surface area contributed by atoms with E-state index in [2.05, 4.69) is 25.8 Å². The molecule has 1 aliphatic heterocycles. The fourth-order valence-corrected chi connectivity index (χ4v) is 2.89. The Balaban J connectivity index is 1.71. The predicted octanol–water partition coefficient (Wildman–Crippen LogP) is 1.23. The quantitative estimate of drug-likeness (QED) is 0.725. The van der Waals surface area contributed by atoms with Crippen molar-refractivity contribution in [1.82, 2.24) is 29.7 Å². The van der Waals surface area contributed by atoms with Gasteiger partial charge in [-0.25, -0.2) is 4.98 Å². The average molecular weight is 362 g/mol. The van der Waals surface area contributed by atoms with E-state index in [-0.39, 0.29) is 22.7 Å². The number of nitrogens with zero attached hydrogens (tertiary/aromatic N) is 6. The molecule has 4 heterocycles. The van der Waals surface area contributed by atoms with E-state index in [9.17, 15) is 13.2 Å². The lowest BCUT2D eigenvalue weighted by Gasteiger charge is -2.43. The minimum absolute atomic E-state index is 0.00743. The zero-order chi connectivity index (χ0) is 18.4. The molecule has 3 aromatic rings. The van der Waals surface area contributed by atoms with E-state index in [0.29, 0.717) is 19.6 Å². The van der Waals surface area contributed by atoms with Crippen LogP contribution < -0.4 is 10.6 Å². The van der Waals surface area contributed by atoms with Gasteiger partial charge in [0.15, 0.2) is 17.0 Å². The molecule has 8 nitrogen and oxygen atoms in total. The van der Waals surface area contributed by atoms with Crippen LogP contribution in [-0.4, -0.2) is 44.0 Å². The Morgan fingerprint density at radius 1 is 1.35 bits per heavy atom. The highest BCUT2D eigenvalue weighted by Gasteiger charge is 2.40. The molecule has 3 aromatic heterocycles. The van der Waals surface area contributed by atoms with E-state index in [1.165, 1.54) is 10.6 Å². The summed E-state index contributed by atoms with van der Waals surface area (Å²) in [4.78, 5) is 3.56. The molecule has 1 saturated heterocycles. The summed E-state index contributed by atoms with van der Waals surface area (Å²) in [5, 5.41) is 23.4. The zero-order valence-electron chi connectivity index (χ0n) is 13.3. The van der Waals surface area contributed by atoms with Crippen molar-refractivity contribution in [1.29, 1.82) is 5.26 Å². The van der Waals surface area contributed by atoms with Gasteiger partial charge in [0.2, 0.25) is 0 Å². The maximum absolute atomic E-state index is 13.2. The Kier molecular flexibility index (Phi) is 3.58. The predicted molar refractivity (Wildman–Crippen MR) is 84.3 cm³/mol. The van der Waals surface area contributed by atoms with Crippen LogP contribution in [0.25, 0.3) is 5.65 Å². The highest BCUT2D eigenvalue weighted by atomic mass is 19.4. The Hall–Kier alpha value is -3.13. The molecule has 1 fully saturated rings. The molecule has 2 N–H and O–H groups in total. The van der Waals surface area contributed by atoms with Crippen molar-refractivity contribution in [2.45, 2.75) is 11.7 Å². The number of rotatable bonds is 4. The third-order valence-corrected chi connectivity index (χ3v) is 4.33. The summed E-state index contributed by atoms with van der Waals surface area (Å²) in [5.41, 5.74) is -1.48. The number of fused-ring (bicyclic) bond motifs is 1. The molecule has 11 heteroatoms.